The highest BCUT2D eigenvalue weighted by molar-refractivity contribution is 8.00. The van der Waals surface area contributed by atoms with Gasteiger partial charge in [0.2, 0.25) is 0 Å². The number of carbonyl (C=O) groups is 1. The van der Waals surface area contributed by atoms with Crippen molar-refractivity contribution in [1.82, 2.24) is 0 Å². The molecule has 0 radical (unpaired) electrons. The van der Waals surface area contributed by atoms with Crippen molar-refractivity contribution in [3.05, 3.63) is 0 Å². The van der Waals surface area contributed by atoms with Crippen LogP contribution < -0.4 is 0 Å². The van der Waals surface area contributed by atoms with Gasteiger partial charge in [-0.25, -0.2) is 8.42 Å². The van der Waals surface area contributed by atoms with Crippen LogP contribution in [0.3, 0.4) is 0 Å². The normalized spacial score (nSPS) is 13.9. The van der Waals surface area contributed by atoms with E-state index in [4.69, 9.17) is 5.11 Å². The molecule has 0 aromatic heterocycles. The summed E-state index contributed by atoms with van der Waals surface area (Å²) in [6, 6.07) is 0. The first-order chi connectivity index (χ1) is 6.39. The Bertz CT molecular complexity index is 271. The number of rotatable bonds is 7. The van der Waals surface area contributed by atoms with Crippen LogP contribution >= 0.6 is 11.8 Å². The molecule has 84 valence electrons. The Balaban J connectivity index is 3.62. The van der Waals surface area contributed by atoms with Gasteiger partial charge in [-0.05, 0) is 0 Å². The summed E-state index contributed by atoms with van der Waals surface area (Å²) in [4.78, 5) is 10.4. The fraction of sp³-hybridized carbons (Fsp3) is 0.875. The van der Waals surface area contributed by atoms with Gasteiger partial charge in [0.15, 0.2) is 9.84 Å². The van der Waals surface area contributed by atoms with Gasteiger partial charge in [0.25, 0.3) is 0 Å². The van der Waals surface area contributed by atoms with Gasteiger partial charge < -0.3 is 5.11 Å². The highest BCUT2D eigenvalue weighted by atomic mass is 32.2. The van der Waals surface area contributed by atoms with Crippen molar-refractivity contribution >= 4 is 27.6 Å². The molecule has 0 aromatic rings. The third-order valence-corrected chi connectivity index (χ3v) is 4.96. The van der Waals surface area contributed by atoms with Crippen molar-refractivity contribution in [2.45, 2.75) is 13.8 Å². The average Bonchev–Trinajstić information content (AvgIpc) is 2.12. The van der Waals surface area contributed by atoms with Crippen molar-refractivity contribution in [2.75, 3.05) is 23.0 Å². The SMILES string of the molecule is CCS(=O)(=O)CCSCC(C)C(=O)O. The maximum atomic E-state index is 11.0. The lowest BCUT2D eigenvalue weighted by molar-refractivity contribution is -0.140. The molecule has 0 saturated carbocycles. The first-order valence-corrected chi connectivity index (χ1v) is 7.37. The molecule has 6 heteroatoms. The van der Waals surface area contributed by atoms with E-state index in [1.54, 1.807) is 13.8 Å². The molecule has 0 heterocycles. The highest BCUT2D eigenvalue weighted by Crippen LogP contribution is 2.09. The minimum absolute atomic E-state index is 0.139. The molecule has 0 aliphatic carbocycles. The quantitative estimate of drug-likeness (QED) is 0.669. The minimum Gasteiger partial charge on any atom is -0.481 e. The number of carboxylic acids is 1. The Kier molecular flexibility index (Phi) is 6.19. The van der Waals surface area contributed by atoms with Crippen LogP contribution in [0, 0.1) is 5.92 Å². The number of aliphatic carboxylic acids is 1. The standard InChI is InChI=1S/C8H16O4S2/c1-3-14(11,12)5-4-13-6-7(2)8(9)10/h7H,3-6H2,1-2H3,(H,9,10). The maximum absolute atomic E-state index is 11.0. The lowest BCUT2D eigenvalue weighted by Gasteiger charge is -2.05. The number of carboxylic acid groups (broad SMARTS) is 1. The van der Waals surface area contributed by atoms with Crippen molar-refractivity contribution in [3.8, 4) is 0 Å². The van der Waals surface area contributed by atoms with Gasteiger partial charge in [0.05, 0.1) is 11.7 Å². The molecule has 0 aliphatic heterocycles. The van der Waals surface area contributed by atoms with Crippen molar-refractivity contribution < 1.29 is 18.3 Å². The molecule has 1 unspecified atom stereocenters. The zero-order valence-corrected chi connectivity index (χ0v) is 10.0. The fourth-order valence-electron chi connectivity index (χ4n) is 0.662. The van der Waals surface area contributed by atoms with E-state index in [0.29, 0.717) is 11.5 Å². The van der Waals surface area contributed by atoms with E-state index in [1.807, 2.05) is 0 Å². The third kappa shape index (κ3) is 6.26. The second-order valence-electron chi connectivity index (χ2n) is 3.05. The zero-order chi connectivity index (χ0) is 11.2. The van der Waals surface area contributed by atoms with Crippen LogP contribution in [0.25, 0.3) is 0 Å². The second-order valence-corrected chi connectivity index (χ2v) is 6.67. The van der Waals surface area contributed by atoms with E-state index in [0.717, 1.165) is 0 Å². The number of thioether (sulfide) groups is 1. The Morgan fingerprint density at radius 2 is 2.07 bits per heavy atom. The number of hydrogen-bond acceptors (Lipinski definition) is 4. The predicted molar refractivity (Wildman–Crippen MR) is 58.5 cm³/mol. The fourth-order valence-corrected chi connectivity index (χ4v) is 3.10. The topological polar surface area (TPSA) is 71.4 Å². The molecule has 0 aromatic carbocycles. The van der Waals surface area contributed by atoms with E-state index in [1.165, 1.54) is 11.8 Å². The summed E-state index contributed by atoms with van der Waals surface area (Å²) in [6.07, 6.45) is 0. The Morgan fingerprint density at radius 3 is 2.50 bits per heavy atom. The van der Waals surface area contributed by atoms with Gasteiger partial charge in [-0.3, -0.25) is 4.79 Å². The van der Waals surface area contributed by atoms with Crippen LogP contribution in [0.1, 0.15) is 13.8 Å². The Hall–Kier alpha value is -0.230. The Morgan fingerprint density at radius 1 is 1.50 bits per heavy atom. The summed E-state index contributed by atoms with van der Waals surface area (Å²) in [6.45, 7) is 3.23. The lowest BCUT2D eigenvalue weighted by atomic mass is 10.2. The van der Waals surface area contributed by atoms with Gasteiger partial charge >= 0.3 is 5.97 Å². The van der Waals surface area contributed by atoms with Gasteiger partial charge in [-0.1, -0.05) is 13.8 Å². The van der Waals surface area contributed by atoms with Crippen LogP contribution in [-0.4, -0.2) is 42.5 Å². The zero-order valence-electron chi connectivity index (χ0n) is 8.39. The van der Waals surface area contributed by atoms with Crippen molar-refractivity contribution in [1.29, 1.82) is 0 Å². The van der Waals surface area contributed by atoms with E-state index in [2.05, 4.69) is 0 Å². The first-order valence-electron chi connectivity index (χ1n) is 4.40. The highest BCUT2D eigenvalue weighted by Gasteiger charge is 2.12. The van der Waals surface area contributed by atoms with Crippen LogP contribution in [0.4, 0.5) is 0 Å². The number of hydrogen-bond donors (Lipinski definition) is 1. The first kappa shape index (κ1) is 13.8. The summed E-state index contributed by atoms with van der Waals surface area (Å²) in [5.74, 6) is -0.00885. The van der Waals surface area contributed by atoms with Crippen LogP contribution in [0.5, 0.6) is 0 Å². The van der Waals surface area contributed by atoms with Crippen molar-refractivity contribution in [2.24, 2.45) is 5.92 Å². The second kappa shape index (κ2) is 6.29. The predicted octanol–water partition coefficient (Wildman–Crippen LogP) is 0.875. The van der Waals surface area contributed by atoms with Gasteiger partial charge in [-0.15, -0.1) is 0 Å². The molecule has 0 spiro atoms. The molecule has 1 atom stereocenters. The van der Waals surface area contributed by atoms with Gasteiger partial charge in [-0.2, -0.15) is 11.8 Å². The van der Waals surface area contributed by atoms with Crippen molar-refractivity contribution in [3.63, 3.8) is 0 Å². The summed E-state index contributed by atoms with van der Waals surface area (Å²) in [5.41, 5.74) is 0. The monoisotopic (exact) mass is 240 g/mol. The van der Waals surface area contributed by atoms with E-state index in [9.17, 15) is 13.2 Å². The summed E-state index contributed by atoms with van der Waals surface area (Å²) in [5, 5.41) is 8.56. The molecule has 0 bridgehead atoms. The molecule has 1 N–H and O–H groups in total. The number of sulfone groups is 1. The summed E-state index contributed by atoms with van der Waals surface area (Å²) >= 11 is 1.37. The summed E-state index contributed by atoms with van der Waals surface area (Å²) < 4.78 is 22.1. The smallest absolute Gasteiger partial charge is 0.307 e. The van der Waals surface area contributed by atoms with E-state index < -0.39 is 21.7 Å². The van der Waals surface area contributed by atoms with Gasteiger partial charge in [0, 0.05) is 17.3 Å². The van der Waals surface area contributed by atoms with Crippen LogP contribution in [0.2, 0.25) is 0 Å². The van der Waals surface area contributed by atoms with Gasteiger partial charge in [0.1, 0.15) is 0 Å². The van der Waals surface area contributed by atoms with E-state index in [-0.39, 0.29) is 11.5 Å². The van der Waals surface area contributed by atoms with Crippen LogP contribution in [0.15, 0.2) is 0 Å². The molecular weight excluding hydrogens is 224 g/mol. The average molecular weight is 240 g/mol. The van der Waals surface area contributed by atoms with E-state index >= 15 is 0 Å². The third-order valence-electron chi connectivity index (χ3n) is 1.77. The maximum Gasteiger partial charge on any atom is 0.307 e. The molecule has 0 rings (SSSR count). The molecule has 4 nitrogen and oxygen atoms in total. The lowest BCUT2D eigenvalue weighted by Crippen LogP contribution is -2.14. The Labute approximate surface area is 89.0 Å². The largest absolute Gasteiger partial charge is 0.481 e. The molecule has 14 heavy (non-hydrogen) atoms. The molecule has 0 amide bonds. The molecule has 0 fully saturated rings. The van der Waals surface area contributed by atoms with Crippen LogP contribution in [-0.2, 0) is 14.6 Å². The minimum atomic E-state index is -2.91. The molecule has 0 aliphatic rings. The summed E-state index contributed by atoms with van der Waals surface area (Å²) in [7, 11) is -2.91. The molecule has 0 saturated heterocycles. The molecular formula is C8H16O4S2.